The lowest BCUT2D eigenvalue weighted by Gasteiger charge is -2.14. The van der Waals surface area contributed by atoms with Gasteiger partial charge in [-0.25, -0.2) is 8.42 Å². The van der Waals surface area contributed by atoms with Crippen molar-refractivity contribution in [1.82, 2.24) is 5.32 Å². The molecule has 0 spiro atoms. The lowest BCUT2D eigenvalue weighted by Crippen LogP contribution is -2.38. The fraction of sp³-hybridized carbons (Fsp3) is 0.500. The molecule has 22 heavy (non-hydrogen) atoms. The standard InChI is InChI=1S/C14H21N3O3S.ClH/c1-9-3-6-13(17-21(2,19)20)11(7-9)14(18)16-8-12(15)10-4-5-10;/h3,6-7,10,12,17H,4-5,8,15H2,1-2H3,(H,16,18);1H. The van der Waals surface area contributed by atoms with Crippen LogP contribution in [-0.4, -0.2) is 33.2 Å². The Kier molecular flexibility index (Phi) is 6.22. The molecule has 4 N–H and O–H groups in total. The van der Waals surface area contributed by atoms with Crippen molar-refractivity contribution in [2.45, 2.75) is 25.8 Å². The van der Waals surface area contributed by atoms with Gasteiger partial charge in [-0.3, -0.25) is 9.52 Å². The van der Waals surface area contributed by atoms with Gasteiger partial charge in [0.25, 0.3) is 5.91 Å². The van der Waals surface area contributed by atoms with Crippen LogP contribution in [0.15, 0.2) is 18.2 Å². The molecular weight excluding hydrogens is 326 g/mol. The molecular formula is C14H22ClN3O3S. The average Bonchev–Trinajstić information content (AvgIpc) is 3.20. The van der Waals surface area contributed by atoms with Gasteiger partial charge in [-0.15, -0.1) is 12.4 Å². The third-order valence-electron chi connectivity index (χ3n) is 3.44. The van der Waals surface area contributed by atoms with Crippen LogP contribution < -0.4 is 15.8 Å². The molecule has 0 heterocycles. The zero-order chi connectivity index (χ0) is 15.6. The fourth-order valence-corrected chi connectivity index (χ4v) is 2.71. The minimum Gasteiger partial charge on any atom is -0.350 e. The number of carbonyl (C=O) groups excluding carboxylic acids is 1. The van der Waals surface area contributed by atoms with E-state index < -0.39 is 10.0 Å². The quantitative estimate of drug-likeness (QED) is 0.720. The van der Waals surface area contributed by atoms with E-state index in [1.165, 1.54) is 0 Å². The Morgan fingerprint density at radius 3 is 2.59 bits per heavy atom. The predicted molar refractivity (Wildman–Crippen MR) is 89.9 cm³/mol. The third kappa shape index (κ3) is 5.47. The van der Waals surface area contributed by atoms with Gasteiger partial charge in [-0.05, 0) is 37.8 Å². The molecule has 1 saturated carbocycles. The van der Waals surface area contributed by atoms with Crippen LogP contribution in [0.25, 0.3) is 0 Å². The van der Waals surface area contributed by atoms with Crippen LogP contribution in [0, 0.1) is 12.8 Å². The Morgan fingerprint density at radius 1 is 1.41 bits per heavy atom. The molecule has 0 radical (unpaired) electrons. The number of nitrogens with two attached hydrogens (primary N) is 1. The number of rotatable bonds is 6. The van der Waals surface area contributed by atoms with Gasteiger partial charge >= 0.3 is 0 Å². The molecule has 2 rings (SSSR count). The van der Waals surface area contributed by atoms with Gasteiger partial charge in [-0.2, -0.15) is 0 Å². The fourth-order valence-electron chi connectivity index (χ4n) is 2.13. The predicted octanol–water partition coefficient (Wildman–Crippen LogP) is 1.26. The van der Waals surface area contributed by atoms with Crippen LogP contribution in [0.3, 0.4) is 0 Å². The Hall–Kier alpha value is -1.31. The van der Waals surface area contributed by atoms with Crippen LogP contribution in [0.4, 0.5) is 5.69 Å². The lowest BCUT2D eigenvalue weighted by molar-refractivity contribution is 0.0951. The SMILES string of the molecule is Cc1ccc(NS(C)(=O)=O)c(C(=O)NCC(N)C2CC2)c1.Cl. The average molecular weight is 348 g/mol. The van der Waals surface area contributed by atoms with Crippen LogP contribution >= 0.6 is 12.4 Å². The van der Waals surface area contributed by atoms with E-state index in [0.29, 0.717) is 18.0 Å². The number of benzene rings is 1. The minimum absolute atomic E-state index is 0. The summed E-state index contributed by atoms with van der Waals surface area (Å²) in [4.78, 5) is 12.2. The number of halogens is 1. The molecule has 8 heteroatoms. The van der Waals surface area contributed by atoms with Crippen molar-refractivity contribution in [2.75, 3.05) is 17.5 Å². The van der Waals surface area contributed by atoms with Gasteiger partial charge in [0.2, 0.25) is 10.0 Å². The molecule has 0 bridgehead atoms. The van der Waals surface area contributed by atoms with Crippen LogP contribution in [0.5, 0.6) is 0 Å². The first-order valence-corrected chi connectivity index (χ1v) is 8.77. The number of amides is 1. The number of carbonyl (C=O) groups is 1. The van der Waals surface area contributed by atoms with Crippen molar-refractivity contribution in [3.63, 3.8) is 0 Å². The van der Waals surface area contributed by atoms with Gasteiger partial charge in [0.05, 0.1) is 17.5 Å². The first-order valence-electron chi connectivity index (χ1n) is 6.88. The van der Waals surface area contributed by atoms with Gasteiger partial charge < -0.3 is 11.1 Å². The molecule has 0 aromatic heterocycles. The second-order valence-electron chi connectivity index (χ2n) is 5.63. The highest BCUT2D eigenvalue weighted by molar-refractivity contribution is 7.92. The largest absolute Gasteiger partial charge is 0.350 e. The Bertz CT molecular complexity index is 645. The molecule has 1 unspecified atom stereocenters. The number of aryl methyl sites for hydroxylation is 1. The number of nitrogens with one attached hydrogen (secondary N) is 2. The van der Waals surface area contributed by atoms with Gasteiger partial charge in [0, 0.05) is 12.6 Å². The van der Waals surface area contributed by atoms with Crippen molar-refractivity contribution in [2.24, 2.45) is 11.7 Å². The molecule has 1 atom stereocenters. The summed E-state index contributed by atoms with van der Waals surface area (Å²) < 4.78 is 25.1. The normalized spacial score (nSPS) is 15.6. The molecule has 1 fully saturated rings. The van der Waals surface area contributed by atoms with Gasteiger partial charge in [0.1, 0.15) is 0 Å². The summed E-state index contributed by atoms with van der Waals surface area (Å²) in [7, 11) is -3.44. The molecule has 6 nitrogen and oxygen atoms in total. The summed E-state index contributed by atoms with van der Waals surface area (Å²) in [6.45, 7) is 2.24. The van der Waals surface area contributed by atoms with E-state index in [1.54, 1.807) is 18.2 Å². The minimum atomic E-state index is -3.44. The summed E-state index contributed by atoms with van der Waals surface area (Å²) in [6.07, 6.45) is 3.28. The number of hydrogen-bond donors (Lipinski definition) is 3. The first kappa shape index (κ1) is 18.7. The number of anilines is 1. The second-order valence-corrected chi connectivity index (χ2v) is 7.38. The molecule has 1 aromatic carbocycles. The van der Waals surface area contributed by atoms with Gasteiger partial charge in [0.15, 0.2) is 0 Å². The number of sulfonamides is 1. The molecule has 1 aliphatic rings. The maximum Gasteiger partial charge on any atom is 0.253 e. The third-order valence-corrected chi connectivity index (χ3v) is 4.03. The molecule has 1 aliphatic carbocycles. The Labute approximate surface area is 137 Å². The van der Waals surface area contributed by atoms with E-state index in [4.69, 9.17) is 5.73 Å². The highest BCUT2D eigenvalue weighted by atomic mass is 35.5. The smallest absolute Gasteiger partial charge is 0.253 e. The van der Waals surface area contributed by atoms with Crippen molar-refractivity contribution < 1.29 is 13.2 Å². The Morgan fingerprint density at radius 2 is 2.05 bits per heavy atom. The summed E-state index contributed by atoms with van der Waals surface area (Å²) in [5.41, 5.74) is 7.42. The van der Waals surface area contributed by atoms with Crippen molar-refractivity contribution in [1.29, 1.82) is 0 Å². The molecule has 124 valence electrons. The maximum absolute atomic E-state index is 12.2. The van der Waals surface area contributed by atoms with Crippen LogP contribution in [0.1, 0.15) is 28.8 Å². The van der Waals surface area contributed by atoms with Crippen molar-refractivity contribution >= 4 is 34.0 Å². The zero-order valence-corrected chi connectivity index (χ0v) is 14.3. The van der Waals surface area contributed by atoms with E-state index in [2.05, 4.69) is 10.0 Å². The van der Waals surface area contributed by atoms with E-state index in [0.717, 1.165) is 24.7 Å². The van der Waals surface area contributed by atoms with Crippen molar-refractivity contribution in [3.05, 3.63) is 29.3 Å². The Balaban J connectivity index is 0.00000242. The molecule has 0 aliphatic heterocycles. The summed E-state index contributed by atoms with van der Waals surface area (Å²) in [6, 6.07) is 4.96. The van der Waals surface area contributed by atoms with E-state index in [1.807, 2.05) is 6.92 Å². The highest BCUT2D eigenvalue weighted by Gasteiger charge is 2.28. The monoisotopic (exact) mass is 347 g/mol. The topological polar surface area (TPSA) is 101 Å². The summed E-state index contributed by atoms with van der Waals surface area (Å²) >= 11 is 0. The zero-order valence-electron chi connectivity index (χ0n) is 12.6. The first-order chi connectivity index (χ1) is 9.76. The number of hydrogen-bond acceptors (Lipinski definition) is 4. The van der Waals surface area contributed by atoms with Crippen molar-refractivity contribution in [3.8, 4) is 0 Å². The van der Waals surface area contributed by atoms with E-state index in [9.17, 15) is 13.2 Å². The second kappa shape index (κ2) is 7.30. The maximum atomic E-state index is 12.2. The van der Waals surface area contributed by atoms with E-state index in [-0.39, 0.29) is 30.0 Å². The highest BCUT2D eigenvalue weighted by Crippen LogP contribution is 2.31. The lowest BCUT2D eigenvalue weighted by atomic mass is 10.1. The van der Waals surface area contributed by atoms with Crippen LogP contribution in [0.2, 0.25) is 0 Å². The van der Waals surface area contributed by atoms with E-state index >= 15 is 0 Å². The summed E-state index contributed by atoms with van der Waals surface area (Å²) in [5.74, 6) is 0.178. The summed E-state index contributed by atoms with van der Waals surface area (Å²) in [5, 5.41) is 2.77. The van der Waals surface area contributed by atoms with Crippen LogP contribution in [-0.2, 0) is 10.0 Å². The molecule has 0 saturated heterocycles. The molecule has 1 aromatic rings. The van der Waals surface area contributed by atoms with Gasteiger partial charge in [-0.1, -0.05) is 11.6 Å². The molecule has 1 amide bonds.